The Labute approximate surface area is 179 Å². The first kappa shape index (κ1) is 19.4. The Morgan fingerprint density at radius 2 is 1.81 bits per heavy atom. The number of hydrogen-bond donors (Lipinski definition) is 2. The first-order valence-electron chi connectivity index (χ1n) is 10.4. The molecule has 5 rings (SSSR count). The number of carbonyl (C=O) groups excluding carboxylic acids is 1. The van der Waals surface area contributed by atoms with Crippen molar-refractivity contribution in [1.82, 2.24) is 9.97 Å². The molecule has 2 N–H and O–H groups in total. The number of rotatable bonds is 4. The summed E-state index contributed by atoms with van der Waals surface area (Å²) in [6, 6.07) is 11.3. The molecule has 0 spiro atoms. The molecule has 1 aliphatic heterocycles. The minimum absolute atomic E-state index is 0.0795. The Morgan fingerprint density at radius 3 is 2.55 bits per heavy atom. The van der Waals surface area contributed by atoms with Crippen LogP contribution in [0.15, 0.2) is 47.4 Å². The van der Waals surface area contributed by atoms with Gasteiger partial charge in [-0.25, -0.2) is 4.98 Å². The summed E-state index contributed by atoms with van der Waals surface area (Å²) in [6.45, 7) is 4.75. The van der Waals surface area contributed by atoms with E-state index < -0.39 is 5.41 Å². The van der Waals surface area contributed by atoms with Crippen molar-refractivity contribution >= 4 is 11.7 Å². The number of pyridine rings is 2. The fourth-order valence-electron chi connectivity index (χ4n) is 3.97. The van der Waals surface area contributed by atoms with Crippen LogP contribution in [0.4, 0.5) is 5.82 Å². The van der Waals surface area contributed by atoms with Crippen LogP contribution in [0.25, 0.3) is 11.3 Å². The van der Waals surface area contributed by atoms with Crippen LogP contribution < -0.4 is 20.3 Å². The van der Waals surface area contributed by atoms with Crippen molar-refractivity contribution in [3.8, 4) is 22.8 Å². The van der Waals surface area contributed by atoms with E-state index in [1.54, 1.807) is 25.3 Å². The first-order valence-corrected chi connectivity index (χ1v) is 10.4. The van der Waals surface area contributed by atoms with E-state index in [9.17, 15) is 9.59 Å². The topological polar surface area (TPSA) is 93.3 Å². The molecular weight excluding hydrogens is 394 g/mol. The predicted molar refractivity (Wildman–Crippen MR) is 117 cm³/mol. The molecule has 2 aromatic heterocycles. The van der Waals surface area contributed by atoms with Crippen LogP contribution in [-0.4, -0.2) is 29.1 Å². The maximum atomic E-state index is 13.2. The molecule has 1 aliphatic carbocycles. The van der Waals surface area contributed by atoms with E-state index in [1.165, 1.54) is 0 Å². The third kappa shape index (κ3) is 3.46. The van der Waals surface area contributed by atoms with E-state index in [4.69, 9.17) is 9.47 Å². The van der Waals surface area contributed by atoms with Crippen molar-refractivity contribution in [1.29, 1.82) is 0 Å². The molecule has 3 aromatic rings. The van der Waals surface area contributed by atoms with Crippen LogP contribution in [0, 0.1) is 13.8 Å². The van der Waals surface area contributed by atoms with Gasteiger partial charge in [0, 0.05) is 17.3 Å². The number of aromatic amines is 1. The summed E-state index contributed by atoms with van der Waals surface area (Å²) < 4.78 is 11.3. The Morgan fingerprint density at radius 1 is 1.03 bits per heavy atom. The summed E-state index contributed by atoms with van der Waals surface area (Å²) >= 11 is 0. The zero-order valence-corrected chi connectivity index (χ0v) is 17.5. The molecule has 0 bridgehead atoms. The number of fused-ring (bicyclic) bond motifs is 1. The van der Waals surface area contributed by atoms with E-state index >= 15 is 0 Å². The Hall–Kier alpha value is -3.61. The van der Waals surface area contributed by atoms with Crippen LogP contribution in [-0.2, 0) is 10.2 Å². The van der Waals surface area contributed by atoms with Gasteiger partial charge in [-0.2, -0.15) is 0 Å². The largest absolute Gasteiger partial charge is 0.486 e. The van der Waals surface area contributed by atoms with Gasteiger partial charge in [-0.05, 0) is 62.1 Å². The van der Waals surface area contributed by atoms with Gasteiger partial charge >= 0.3 is 0 Å². The van der Waals surface area contributed by atoms with Crippen molar-refractivity contribution < 1.29 is 14.3 Å². The van der Waals surface area contributed by atoms with Gasteiger partial charge in [0.1, 0.15) is 19.0 Å². The highest BCUT2D eigenvalue weighted by Gasteiger charge is 2.51. The van der Waals surface area contributed by atoms with Gasteiger partial charge < -0.3 is 19.8 Å². The first-order chi connectivity index (χ1) is 15.0. The number of H-pyrrole nitrogens is 1. The van der Waals surface area contributed by atoms with Crippen molar-refractivity contribution in [2.24, 2.45) is 0 Å². The standard InChI is InChI=1S/C24H23N3O4/c1-14-3-6-20(26-21(14)16-11-15(2)22(28)25-13-16)27-23(29)24(7-8-24)17-4-5-18-19(12-17)31-10-9-30-18/h3-6,11-13H,7-10H2,1-2H3,(H,25,28)(H,26,27,29). The molecule has 3 heterocycles. The number of amides is 1. The number of carbonyl (C=O) groups is 1. The van der Waals surface area contributed by atoms with Gasteiger partial charge in [0.15, 0.2) is 11.5 Å². The normalized spacial score (nSPS) is 15.9. The lowest BCUT2D eigenvalue weighted by molar-refractivity contribution is -0.118. The van der Waals surface area contributed by atoms with Crippen molar-refractivity contribution in [3.05, 3.63) is 69.6 Å². The number of hydrogen-bond acceptors (Lipinski definition) is 5. The number of nitrogens with one attached hydrogen (secondary N) is 2. The van der Waals surface area contributed by atoms with Gasteiger partial charge in [-0.3, -0.25) is 9.59 Å². The average molecular weight is 417 g/mol. The quantitative estimate of drug-likeness (QED) is 0.678. The molecule has 0 unspecified atom stereocenters. The van der Waals surface area contributed by atoms with Crippen LogP contribution >= 0.6 is 0 Å². The summed E-state index contributed by atoms with van der Waals surface area (Å²) in [4.78, 5) is 32.3. The zero-order valence-electron chi connectivity index (χ0n) is 17.5. The van der Waals surface area contributed by atoms with Crippen LogP contribution in [0.2, 0.25) is 0 Å². The lowest BCUT2D eigenvalue weighted by atomic mass is 9.94. The summed E-state index contributed by atoms with van der Waals surface area (Å²) in [5.74, 6) is 1.81. The Kier molecular flexibility index (Phi) is 4.54. The van der Waals surface area contributed by atoms with Gasteiger partial charge in [-0.1, -0.05) is 12.1 Å². The third-order valence-electron chi connectivity index (χ3n) is 5.98. The number of nitrogens with zero attached hydrogens (tertiary/aromatic N) is 1. The molecular formula is C24H23N3O4. The highest BCUT2D eigenvalue weighted by molar-refractivity contribution is 6.01. The summed E-state index contributed by atoms with van der Waals surface area (Å²) in [5, 5.41) is 2.99. The summed E-state index contributed by atoms with van der Waals surface area (Å²) in [5.41, 5.74) is 3.33. The molecule has 1 amide bonds. The molecule has 7 nitrogen and oxygen atoms in total. The molecule has 2 aliphatic rings. The van der Waals surface area contributed by atoms with Gasteiger partial charge in [0.2, 0.25) is 5.91 Å². The molecule has 1 fully saturated rings. The van der Waals surface area contributed by atoms with E-state index in [1.807, 2.05) is 31.2 Å². The van der Waals surface area contributed by atoms with Crippen LogP contribution in [0.3, 0.4) is 0 Å². The molecule has 1 saturated carbocycles. The highest BCUT2D eigenvalue weighted by Crippen LogP contribution is 2.50. The summed E-state index contributed by atoms with van der Waals surface area (Å²) in [7, 11) is 0. The van der Waals surface area contributed by atoms with Gasteiger partial charge in [0.05, 0.1) is 11.1 Å². The fourth-order valence-corrected chi connectivity index (χ4v) is 3.97. The SMILES string of the molecule is Cc1ccc(NC(=O)C2(c3ccc4c(c3)OCCO4)CC2)nc1-c1c[nH]c(=O)c(C)c1. The second kappa shape index (κ2) is 7.27. The zero-order chi connectivity index (χ0) is 21.6. The molecule has 7 heteroatoms. The average Bonchev–Trinajstić information content (AvgIpc) is 3.59. The molecule has 1 aromatic carbocycles. The number of benzene rings is 1. The van der Waals surface area contributed by atoms with Crippen molar-refractivity contribution in [3.63, 3.8) is 0 Å². The second-order valence-electron chi connectivity index (χ2n) is 8.16. The lowest BCUT2D eigenvalue weighted by Gasteiger charge is -2.21. The third-order valence-corrected chi connectivity index (χ3v) is 5.98. The maximum Gasteiger partial charge on any atom is 0.250 e. The fraction of sp³-hybridized carbons (Fsp3) is 0.292. The molecule has 0 saturated heterocycles. The maximum absolute atomic E-state index is 13.2. The minimum atomic E-state index is -0.572. The van der Waals surface area contributed by atoms with E-state index in [2.05, 4.69) is 15.3 Å². The van der Waals surface area contributed by atoms with E-state index in [0.717, 1.165) is 35.2 Å². The summed E-state index contributed by atoms with van der Waals surface area (Å²) in [6.07, 6.45) is 3.19. The Balaban J connectivity index is 1.42. The van der Waals surface area contributed by atoms with Crippen LogP contribution in [0.5, 0.6) is 11.5 Å². The lowest BCUT2D eigenvalue weighted by Crippen LogP contribution is -2.28. The van der Waals surface area contributed by atoms with Gasteiger partial charge in [-0.15, -0.1) is 0 Å². The molecule has 0 radical (unpaired) electrons. The monoisotopic (exact) mass is 417 g/mol. The minimum Gasteiger partial charge on any atom is -0.486 e. The number of aromatic nitrogens is 2. The van der Waals surface area contributed by atoms with E-state index in [0.29, 0.717) is 36.1 Å². The highest BCUT2D eigenvalue weighted by atomic mass is 16.6. The molecule has 158 valence electrons. The van der Waals surface area contributed by atoms with Crippen molar-refractivity contribution in [2.75, 3.05) is 18.5 Å². The predicted octanol–water partition coefficient (Wildman–Crippen LogP) is 3.50. The van der Waals surface area contributed by atoms with Crippen molar-refractivity contribution in [2.45, 2.75) is 32.1 Å². The van der Waals surface area contributed by atoms with E-state index in [-0.39, 0.29) is 11.5 Å². The second-order valence-corrected chi connectivity index (χ2v) is 8.16. The van der Waals surface area contributed by atoms with Crippen LogP contribution in [0.1, 0.15) is 29.5 Å². The Bertz CT molecular complexity index is 1240. The molecule has 31 heavy (non-hydrogen) atoms. The van der Waals surface area contributed by atoms with Gasteiger partial charge in [0.25, 0.3) is 5.56 Å². The molecule has 0 atom stereocenters. The number of ether oxygens (including phenoxy) is 2. The smallest absolute Gasteiger partial charge is 0.250 e. The number of aryl methyl sites for hydroxylation is 2. The number of anilines is 1.